The molecular formula is C12H7BrN2. The van der Waals surface area contributed by atoms with Gasteiger partial charge < -0.3 is 0 Å². The number of hydrogen-bond acceptors (Lipinski definition) is 2. The van der Waals surface area contributed by atoms with Gasteiger partial charge in [-0.05, 0) is 23.8 Å². The molecule has 0 bridgehead atoms. The van der Waals surface area contributed by atoms with Crippen LogP contribution in [0.25, 0.3) is 11.1 Å². The fraction of sp³-hybridized carbons (Fsp3) is 0. The molecule has 0 spiro atoms. The van der Waals surface area contributed by atoms with Crippen molar-refractivity contribution in [3.8, 4) is 17.2 Å². The number of aromatic nitrogens is 1. The lowest BCUT2D eigenvalue weighted by Crippen LogP contribution is -1.85. The van der Waals surface area contributed by atoms with Crippen molar-refractivity contribution in [1.29, 1.82) is 5.26 Å². The normalized spacial score (nSPS) is 9.60. The molecule has 0 fully saturated rings. The third-order valence-corrected chi connectivity index (χ3v) is 2.63. The van der Waals surface area contributed by atoms with Gasteiger partial charge in [-0.1, -0.05) is 28.1 Å². The number of nitrogens with zero attached hydrogens (tertiary/aromatic N) is 2. The van der Waals surface area contributed by atoms with Crippen LogP contribution < -0.4 is 0 Å². The van der Waals surface area contributed by atoms with Gasteiger partial charge in [-0.2, -0.15) is 5.26 Å². The van der Waals surface area contributed by atoms with Gasteiger partial charge in [0.1, 0.15) is 6.07 Å². The highest BCUT2D eigenvalue weighted by Gasteiger charge is 2.03. The molecule has 72 valence electrons. The topological polar surface area (TPSA) is 36.7 Å². The second-order valence-electron chi connectivity index (χ2n) is 3.04. The van der Waals surface area contributed by atoms with Crippen molar-refractivity contribution in [2.45, 2.75) is 0 Å². The Morgan fingerprint density at radius 2 is 1.87 bits per heavy atom. The largest absolute Gasteiger partial charge is 0.263 e. The van der Waals surface area contributed by atoms with Crippen LogP contribution in [0.15, 0.2) is 47.2 Å². The minimum atomic E-state index is 0.597. The zero-order valence-electron chi connectivity index (χ0n) is 7.81. The second kappa shape index (κ2) is 4.24. The molecule has 0 aliphatic heterocycles. The highest BCUT2D eigenvalue weighted by molar-refractivity contribution is 9.10. The van der Waals surface area contributed by atoms with E-state index in [1.807, 2.05) is 30.3 Å². The van der Waals surface area contributed by atoms with Crippen LogP contribution in [0, 0.1) is 11.3 Å². The van der Waals surface area contributed by atoms with E-state index < -0.39 is 0 Å². The molecule has 1 aromatic heterocycles. The van der Waals surface area contributed by atoms with Crippen molar-refractivity contribution in [3.63, 3.8) is 0 Å². The molecule has 2 nitrogen and oxygen atoms in total. The van der Waals surface area contributed by atoms with E-state index in [1.54, 1.807) is 12.4 Å². The lowest BCUT2D eigenvalue weighted by Gasteiger charge is -2.02. The zero-order chi connectivity index (χ0) is 10.7. The quantitative estimate of drug-likeness (QED) is 0.787. The predicted molar refractivity (Wildman–Crippen MR) is 62.1 cm³/mol. The van der Waals surface area contributed by atoms with Crippen LogP contribution in [-0.2, 0) is 0 Å². The zero-order valence-corrected chi connectivity index (χ0v) is 9.40. The van der Waals surface area contributed by atoms with Crippen molar-refractivity contribution >= 4 is 15.9 Å². The molecule has 0 aliphatic rings. The first-order valence-corrected chi connectivity index (χ1v) is 5.20. The Kier molecular flexibility index (Phi) is 2.79. The first-order valence-electron chi connectivity index (χ1n) is 4.41. The molecular weight excluding hydrogens is 252 g/mol. The molecule has 0 aliphatic carbocycles. The average molecular weight is 259 g/mol. The Morgan fingerprint density at radius 1 is 1.13 bits per heavy atom. The molecule has 15 heavy (non-hydrogen) atoms. The molecule has 1 aromatic carbocycles. The lowest BCUT2D eigenvalue weighted by atomic mass is 10.0. The van der Waals surface area contributed by atoms with Gasteiger partial charge in [-0.3, -0.25) is 4.98 Å². The van der Waals surface area contributed by atoms with Crippen LogP contribution in [0.3, 0.4) is 0 Å². The van der Waals surface area contributed by atoms with Crippen LogP contribution in [-0.4, -0.2) is 4.98 Å². The van der Waals surface area contributed by atoms with Crippen LogP contribution in [0.5, 0.6) is 0 Å². The third-order valence-electron chi connectivity index (χ3n) is 2.10. The van der Waals surface area contributed by atoms with Gasteiger partial charge in [-0.25, -0.2) is 0 Å². The summed E-state index contributed by atoms with van der Waals surface area (Å²) in [6, 6.07) is 11.8. The van der Waals surface area contributed by atoms with E-state index in [-0.39, 0.29) is 0 Å². The van der Waals surface area contributed by atoms with E-state index in [2.05, 4.69) is 27.0 Å². The third kappa shape index (κ3) is 2.05. The SMILES string of the molecule is N#Cc1cnccc1-c1ccc(Br)cc1. The Morgan fingerprint density at radius 3 is 2.53 bits per heavy atom. The first kappa shape index (κ1) is 9.88. The number of nitriles is 1. The maximum absolute atomic E-state index is 8.94. The molecule has 1 heterocycles. The van der Waals surface area contributed by atoms with E-state index >= 15 is 0 Å². The molecule has 0 unspecified atom stereocenters. The Balaban J connectivity index is 2.55. The standard InChI is InChI=1S/C12H7BrN2/c13-11-3-1-9(2-4-11)12-5-6-15-8-10(12)7-14/h1-6,8H. The second-order valence-corrected chi connectivity index (χ2v) is 3.96. The van der Waals surface area contributed by atoms with E-state index in [0.29, 0.717) is 5.56 Å². The first-order chi connectivity index (χ1) is 7.31. The molecule has 0 saturated heterocycles. The van der Waals surface area contributed by atoms with Gasteiger partial charge >= 0.3 is 0 Å². The van der Waals surface area contributed by atoms with Crippen LogP contribution in [0.2, 0.25) is 0 Å². The van der Waals surface area contributed by atoms with Crippen LogP contribution in [0.1, 0.15) is 5.56 Å². The van der Waals surface area contributed by atoms with Crippen molar-refractivity contribution in [2.75, 3.05) is 0 Å². The molecule has 0 saturated carbocycles. The fourth-order valence-electron chi connectivity index (χ4n) is 1.36. The number of benzene rings is 1. The maximum atomic E-state index is 8.94. The van der Waals surface area contributed by atoms with Gasteiger partial charge in [0, 0.05) is 22.4 Å². The van der Waals surface area contributed by atoms with Crippen molar-refractivity contribution in [2.24, 2.45) is 0 Å². The van der Waals surface area contributed by atoms with Gasteiger partial charge in [0.2, 0.25) is 0 Å². The Labute approximate surface area is 96.3 Å². The summed E-state index contributed by atoms with van der Waals surface area (Å²) in [6.07, 6.45) is 3.27. The minimum Gasteiger partial charge on any atom is -0.263 e. The number of halogens is 1. The maximum Gasteiger partial charge on any atom is 0.101 e. The smallest absolute Gasteiger partial charge is 0.101 e. The van der Waals surface area contributed by atoms with Crippen molar-refractivity contribution in [3.05, 3.63) is 52.8 Å². The van der Waals surface area contributed by atoms with Gasteiger partial charge in [-0.15, -0.1) is 0 Å². The number of pyridine rings is 1. The van der Waals surface area contributed by atoms with Crippen molar-refractivity contribution < 1.29 is 0 Å². The molecule has 0 N–H and O–H groups in total. The lowest BCUT2D eigenvalue weighted by molar-refractivity contribution is 1.30. The molecule has 0 atom stereocenters. The average Bonchev–Trinajstić information content (AvgIpc) is 2.30. The molecule has 0 amide bonds. The van der Waals surface area contributed by atoms with E-state index in [9.17, 15) is 0 Å². The van der Waals surface area contributed by atoms with Crippen molar-refractivity contribution in [1.82, 2.24) is 4.98 Å². The van der Waals surface area contributed by atoms with Gasteiger partial charge in [0.25, 0.3) is 0 Å². The summed E-state index contributed by atoms with van der Waals surface area (Å²) in [7, 11) is 0. The van der Waals surface area contributed by atoms with Gasteiger partial charge in [0.15, 0.2) is 0 Å². The minimum absolute atomic E-state index is 0.597. The summed E-state index contributed by atoms with van der Waals surface area (Å²) in [5, 5.41) is 8.94. The van der Waals surface area contributed by atoms with E-state index in [4.69, 9.17) is 5.26 Å². The summed E-state index contributed by atoms with van der Waals surface area (Å²) in [4.78, 5) is 3.93. The van der Waals surface area contributed by atoms with Gasteiger partial charge in [0.05, 0.1) is 5.56 Å². The highest BCUT2D eigenvalue weighted by Crippen LogP contribution is 2.23. The predicted octanol–water partition coefficient (Wildman–Crippen LogP) is 3.38. The molecule has 3 heteroatoms. The number of rotatable bonds is 1. The summed E-state index contributed by atoms with van der Waals surface area (Å²) in [6.45, 7) is 0. The summed E-state index contributed by atoms with van der Waals surface area (Å²) in [5.74, 6) is 0. The Hall–Kier alpha value is -1.66. The highest BCUT2D eigenvalue weighted by atomic mass is 79.9. The summed E-state index contributed by atoms with van der Waals surface area (Å²) < 4.78 is 1.03. The Bertz CT molecular complexity index is 512. The van der Waals surface area contributed by atoms with Crippen LogP contribution in [0.4, 0.5) is 0 Å². The van der Waals surface area contributed by atoms with E-state index in [0.717, 1.165) is 15.6 Å². The monoisotopic (exact) mass is 258 g/mol. The molecule has 0 radical (unpaired) electrons. The summed E-state index contributed by atoms with van der Waals surface area (Å²) >= 11 is 3.38. The summed E-state index contributed by atoms with van der Waals surface area (Å²) in [5.41, 5.74) is 2.54. The number of hydrogen-bond donors (Lipinski definition) is 0. The molecule has 2 aromatic rings. The molecule has 2 rings (SSSR count). The van der Waals surface area contributed by atoms with Crippen LogP contribution >= 0.6 is 15.9 Å². The van der Waals surface area contributed by atoms with E-state index in [1.165, 1.54) is 0 Å². The fourth-order valence-corrected chi connectivity index (χ4v) is 1.63.